The SMILES string of the molecule is Cc1[nH]n(-c2ccccc2)c(=O)c1C(c1ccc(O)cc1)N1C(=O)C(Cl)C1c1ccc(O)cc1. The third-order valence-corrected chi connectivity index (χ3v) is 6.62. The van der Waals surface area contributed by atoms with Crippen molar-refractivity contribution in [1.82, 2.24) is 14.7 Å². The third kappa shape index (κ3) is 3.54. The Labute approximate surface area is 200 Å². The lowest BCUT2D eigenvalue weighted by Gasteiger charge is -2.49. The first kappa shape index (κ1) is 21.9. The Balaban J connectivity index is 1.68. The van der Waals surface area contributed by atoms with E-state index in [0.29, 0.717) is 22.5 Å². The minimum Gasteiger partial charge on any atom is -0.508 e. The molecule has 3 atom stereocenters. The van der Waals surface area contributed by atoms with Crippen molar-refractivity contribution in [2.75, 3.05) is 0 Å². The third-order valence-electron chi connectivity index (χ3n) is 6.19. The number of carbonyl (C=O) groups is 1. The zero-order chi connectivity index (χ0) is 24.0. The predicted octanol–water partition coefficient (Wildman–Crippen LogP) is 4.17. The Bertz CT molecular complexity index is 1390. The number of amides is 1. The maximum atomic E-state index is 13.7. The fourth-order valence-electron chi connectivity index (χ4n) is 4.53. The molecule has 8 heteroatoms. The number of nitrogens with zero attached hydrogens (tertiary/aromatic N) is 2. The zero-order valence-electron chi connectivity index (χ0n) is 18.2. The molecule has 1 aromatic heterocycles. The van der Waals surface area contributed by atoms with Crippen molar-refractivity contribution < 1.29 is 15.0 Å². The Morgan fingerprint density at radius 3 is 2.09 bits per heavy atom. The highest BCUT2D eigenvalue weighted by Gasteiger charge is 2.52. The number of β-lactam (4-membered cyclic amide) rings is 1. The van der Waals surface area contributed by atoms with Crippen LogP contribution in [0.1, 0.15) is 34.5 Å². The van der Waals surface area contributed by atoms with Crippen LogP contribution in [0, 0.1) is 6.92 Å². The van der Waals surface area contributed by atoms with Crippen molar-refractivity contribution >= 4 is 17.5 Å². The van der Waals surface area contributed by atoms with Gasteiger partial charge in [0, 0.05) is 5.69 Å². The van der Waals surface area contributed by atoms with Gasteiger partial charge in [-0.1, -0.05) is 42.5 Å². The number of rotatable bonds is 5. The van der Waals surface area contributed by atoms with Crippen molar-refractivity contribution in [3.8, 4) is 17.2 Å². The topological polar surface area (TPSA) is 98.6 Å². The van der Waals surface area contributed by atoms with Crippen LogP contribution in [0.5, 0.6) is 11.5 Å². The molecule has 172 valence electrons. The smallest absolute Gasteiger partial charge is 0.277 e. The number of H-pyrrole nitrogens is 1. The Hall–Kier alpha value is -3.97. The zero-order valence-corrected chi connectivity index (χ0v) is 19.0. The number of alkyl halides is 1. The molecule has 7 nitrogen and oxygen atoms in total. The summed E-state index contributed by atoms with van der Waals surface area (Å²) in [4.78, 5) is 28.4. The molecule has 0 aliphatic carbocycles. The molecule has 0 saturated carbocycles. The summed E-state index contributed by atoms with van der Waals surface area (Å²) in [5.74, 6) is -0.117. The number of hydrogen-bond acceptors (Lipinski definition) is 4. The van der Waals surface area contributed by atoms with Gasteiger partial charge in [0.15, 0.2) is 0 Å². The summed E-state index contributed by atoms with van der Waals surface area (Å²) in [6.45, 7) is 1.79. The van der Waals surface area contributed by atoms with Crippen molar-refractivity contribution in [1.29, 1.82) is 0 Å². The number of halogens is 1. The number of phenols is 2. The minimum absolute atomic E-state index is 0.0789. The number of likely N-dealkylation sites (tertiary alicyclic amines) is 1. The highest BCUT2D eigenvalue weighted by molar-refractivity contribution is 6.33. The van der Waals surface area contributed by atoms with Gasteiger partial charge in [-0.2, -0.15) is 0 Å². The van der Waals surface area contributed by atoms with Crippen LogP contribution in [0.4, 0.5) is 0 Å². The van der Waals surface area contributed by atoms with Crippen LogP contribution in [0.25, 0.3) is 5.69 Å². The summed E-state index contributed by atoms with van der Waals surface area (Å²) in [7, 11) is 0. The maximum absolute atomic E-state index is 13.7. The summed E-state index contributed by atoms with van der Waals surface area (Å²) in [6.07, 6.45) is 0. The number of benzene rings is 3. The first-order chi connectivity index (χ1) is 16.4. The number of hydrogen-bond donors (Lipinski definition) is 3. The number of aromatic nitrogens is 2. The van der Waals surface area contributed by atoms with Crippen LogP contribution >= 0.6 is 11.6 Å². The van der Waals surface area contributed by atoms with Gasteiger partial charge in [-0.25, -0.2) is 4.68 Å². The molecule has 0 spiro atoms. The van der Waals surface area contributed by atoms with E-state index >= 15 is 0 Å². The van der Waals surface area contributed by atoms with E-state index in [0.717, 1.165) is 5.56 Å². The molecule has 34 heavy (non-hydrogen) atoms. The highest BCUT2D eigenvalue weighted by Crippen LogP contribution is 2.47. The molecule has 5 rings (SSSR count). The van der Waals surface area contributed by atoms with Crippen molar-refractivity contribution in [2.24, 2.45) is 0 Å². The molecule has 1 aliphatic rings. The average Bonchev–Trinajstić information content (AvgIpc) is 3.15. The lowest BCUT2D eigenvalue weighted by atomic mass is 9.86. The van der Waals surface area contributed by atoms with Crippen LogP contribution in [-0.4, -0.2) is 36.2 Å². The fourth-order valence-corrected chi connectivity index (χ4v) is 4.91. The molecule has 1 amide bonds. The molecule has 1 aliphatic heterocycles. The van der Waals surface area contributed by atoms with Crippen LogP contribution in [0.15, 0.2) is 83.7 Å². The lowest BCUT2D eigenvalue weighted by molar-refractivity contribution is -0.148. The Kier molecular flexibility index (Phi) is 5.42. The molecule has 1 fully saturated rings. The molecule has 3 unspecified atom stereocenters. The summed E-state index contributed by atoms with van der Waals surface area (Å²) in [5, 5.41) is 21.9. The normalized spacial score (nSPS) is 18.5. The molecule has 0 radical (unpaired) electrons. The van der Waals surface area contributed by atoms with E-state index in [-0.39, 0.29) is 23.0 Å². The number of aromatic hydroxyl groups is 2. The molecule has 1 saturated heterocycles. The monoisotopic (exact) mass is 475 g/mol. The summed E-state index contributed by atoms with van der Waals surface area (Å²) >= 11 is 6.47. The van der Waals surface area contributed by atoms with Crippen LogP contribution in [-0.2, 0) is 4.79 Å². The predicted molar refractivity (Wildman–Crippen MR) is 128 cm³/mol. The molecule has 0 bridgehead atoms. The van der Waals surface area contributed by atoms with E-state index in [1.165, 1.54) is 16.8 Å². The minimum atomic E-state index is -0.806. The quantitative estimate of drug-likeness (QED) is 0.298. The maximum Gasteiger partial charge on any atom is 0.277 e. The van der Waals surface area contributed by atoms with Crippen LogP contribution in [0.2, 0.25) is 0 Å². The van der Waals surface area contributed by atoms with Crippen LogP contribution in [0.3, 0.4) is 0 Å². The number of nitrogens with one attached hydrogen (secondary N) is 1. The number of aryl methyl sites for hydroxylation is 1. The summed E-state index contributed by atoms with van der Waals surface area (Å²) < 4.78 is 1.45. The van der Waals surface area contributed by atoms with Gasteiger partial charge >= 0.3 is 0 Å². The van der Waals surface area contributed by atoms with Gasteiger partial charge < -0.3 is 15.1 Å². The second-order valence-electron chi connectivity index (χ2n) is 8.30. The standard InChI is InChI=1S/C26H22ClN3O4/c1-15-21(25(33)30(28-15)18-5-3-2-4-6-18)23(16-7-11-19(31)12-8-16)29-24(22(27)26(29)34)17-9-13-20(32)14-10-17/h2-14,22-24,28,31-32H,1H3. The second-order valence-corrected chi connectivity index (χ2v) is 8.77. The summed E-state index contributed by atoms with van der Waals surface area (Å²) in [5.41, 5.74) is 2.83. The van der Waals surface area contributed by atoms with E-state index < -0.39 is 17.5 Å². The number of para-hydroxylation sites is 1. The molecule has 2 heterocycles. The van der Waals surface area contributed by atoms with E-state index in [1.54, 1.807) is 48.2 Å². The van der Waals surface area contributed by atoms with Crippen molar-refractivity contribution in [2.45, 2.75) is 24.4 Å². The van der Waals surface area contributed by atoms with Gasteiger partial charge in [-0.3, -0.25) is 14.7 Å². The Morgan fingerprint density at radius 2 is 1.47 bits per heavy atom. The van der Waals surface area contributed by atoms with Crippen LogP contribution < -0.4 is 5.56 Å². The van der Waals surface area contributed by atoms with Crippen molar-refractivity contribution in [3.05, 3.63) is 112 Å². The fraction of sp³-hybridized carbons (Fsp3) is 0.154. The molecule has 4 aromatic rings. The van der Waals surface area contributed by atoms with Gasteiger partial charge in [0.05, 0.1) is 23.3 Å². The number of aromatic amines is 1. The van der Waals surface area contributed by atoms with Crippen molar-refractivity contribution in [3.63, 3.8) is 0 Å². The average molecular weight is 476 g/mol. The van der Waals surface area contributed by atoms with Gasteiger partial charge in [0.25, 0.3) is 5.56 Å². The number of carbonyl (C=O) groups excluding carboxylic acids is 1. The first-order valence-electron chi connectivity index (χ1n) is 10.8. The van der Waals surface area contributed by atoms with Gasteiger partial charge in [0.2, 0.25) is 5.91 Å². The molecule has 3 aromatic carbocycles. The van der Waals surface area contributed by atoms with Gasteiger partial charge in [-0.05, 0) is 54.4 Å². The van der Waals surface area contributed by atoms with Gasteiger partial charge in [-0.15, -0.1) is 11.6 Å². The largest absolute Gasteiger partial charge is 0.508 e. The van der Waals surface area contributed by atoms with E-state index in [9.17, 15) is 19.8 Å². The first-order valence-corrected chi connectivity index (χ1v) is 11.2. The van der Waals surface area contributed by atoms with Gasteiger partial charge in [0.1, 0.15) is 16.9 Å². The summed E-state index contributed by atoms with van der Waals surface area (Å²) in [6, 6.07) is 20.9. The lowest BCUT2D eigenvalue weighted by Crippen LogP contribution is -2.58. The molecular weight excluding hydrogens is 454 g/mol. The second kappa shape index (κ2) is 8.43. The number of phenolic OH excluding ortho intramolecular Hbond substituents is 2. The molecule has 3 N–H and O–H groups in total. The van der Waals surface area contributed by atoms with E-state index in [2.05, 4.69) is 5.10 Å². The molecular formula is C26H22ClN3O4. The van der Waals surface area contributed by atoms with E-state index in [4.69, 9.17) is 11.6 Å². The highest BCUT2D eigenvalue weighted by atomic mass is 35.5. The Morgan fingerprint density at radius 1 is 0.882 bits per heavy atom. The van der Waals surface area contributed by atoms with E-state index in [1.807, 2.05) is 30.3 Å².